The number of anilines is 2. The standard InChI is InChI=1S/C26H25FN2O4S2/c1-15-6-11-20-21(12-15)35-25(23(20)26(32)33-2)29-22(30)14-34-19-5-3-4-18(13-19)28-24(31)16-7-9-17(27)10-8-16/h3-5,7-10,13,15H,6,11-12,14H2,1-2H3,(H,28,31)(H,29,30). The Kier molecular flexibility index (Phi) is 7.87. The summed E-state index contributed by atoms with van der Waals surface area (Å²) < 4.78 is 18.1. The summed E-state index contributed by atoms with van der Waals surface area (Å²) in [6, 6.07) is 12.4. The van der Waals surface area contributed by atoms with Gasteiger partial charge in [-0.05, 0) is 73.2 Å². The van der Waals surface area contributed by atoms with E-state index in [-0.39, 0.29) is 17.6 Å². The molecule has 3 aromatic rings. The van der Waals surface area contributed by atoms with Gasteiger partial charge in [-0.2, -0.15) is 0 Å². The minimum absolute atomic E-state index is 0.134. The van der Waals surface area contributed by atoms with Gasteiger partial charge in [0.25, 0.3) is 5.91 Å². The molecule has 0 bridgehead atoms. The molecule has 4 rings (SSSR count). The van der Waals surface area contributed by atoms with Crippen LogP contribution in [0.4, 0.5) is 15.1 Å². The van der Waals surface area contributed by atoms with E-state index in [1.807, 2.05) is 6.07 Å². The molecule has 1 aliphatic carbocycles. The number of amides is 2. The third kappa shape index (κ3) is 6.10. The highest BCUT2D eigenvalue weighted by Gasteiger charge is 2.28. The van der Waals surface area contributed by atoms with E-state index in [0.29, 0.717) is 27.7 Å². The van der Waals surface area contributed by atoms with Crippen LogP contribution in [0.15, 0.2) is 53.4 Å². The largest absolute Gasteiger partial charge is 0.465 e. The SMILES string of the molecule is COC(=O)c1c(NC(=O)CSc2cccc(NC(=O)c3ccc(F)cc3)c2)sc2c1CCC(C)C2. The molecular formula is C26H25FN2O4S2. The van der Waals surface area contributed by atoms with Crippen LogP contribution in [0.2, 0.25) is 0 Å². The first kappa shape index (κ1) is 24.9. The molecule has 1 unspecified atom stereocenters. The average Bonchev–Trinajstić information content (AvgIpc) is 3.19. The lowest BCUT2D eigenvalue weighted by atomic mass is 9.88. The maximum Gasteiger partial charge on any atom is 0.341 e. The van der Waals surface area contributed by atoms with E-state index >= 15 is 0 Å². The van der Waals surface area contributed by atoms with Crippen molar-refractivity contribution in [3.8, 4) is 0 Å². The fraction of sp³-hybridized carbons (Fsp3) is 0.269. The second kappa shape index (κ2) is 11.0. The summed E-state index contributed by atoms with van der Waals surface area (Å²) in [5.74, 6) is -0.737. The summed E-state index contributed by atoms with van der Waals surface area (Å²) in [5.41, 5.74) is 2.38. The molecule has 1 aromatic heterocycles. The van der Waals surface area contributed by atoms with Crippen LogP contribution in [0.5, 0.6) is 0 Å². The van der Waals surface area contributed by atoms with Crippen molar-refractivity contribution >= 4 is 51.6 Å². The Morgan fingerprint density at radius 2 is 1.91 bits per heavy atom. The molecule has 9 heteroatoms. The second-order valence-corrected chi connectivity index (χ2v) is 10.5. The van der Waals surface area contributed by atoms with Gasteiger partial charge in [0, 0.05) is 21.0 Å². The first-order valence-corrected chi connectivity index (χ1v) is 13.0. The number of methoxy groups -OCH3 is 1. The number of thioether (sulfide) groups is 1. The lowest BCUT2D eigenvalue weighted by Gasteiger charge is -2.18. The van der Waals surface area contributed by atoms with Crippen molar-refractivity contribution in [1.82, 2.24) is 0 Å². The van der Waals surface area contributed by atoms with Crippen molar-refractivity contribution in [2.45, 2.75) is 31.1 Å². The molecule has 35 heavy (non-hydrogen) atoms. The predicted molar refractivity (Wildman–Crippen MR) is 137 cm³/mol. The zero-order chi connectivity index (χ0) is 24.9. The predicted octanol–water partition coefficient (Wildman–Crippen LogP) is 5.78. The van der Waals surface area contributed by atoms with Crippen LogP contribution in [0.3, 0.4) is 0 Å². The van der Waals surface area contributed by atoms with Gasteiger partial charge in [-0.1, -0.05) is 13.0 Å². The molecule has 0 radical (unpaired) electrons. The first-order chi connectivity index (χ1) is 16.8. The van der Waals surface area contributed by atoms with Gasteiger partial charge in [0.2, 0.25) is 5.91 Å². The van der Waals surface area contributed by atoms with Gasteiger partial charge in [-0.15, -0.1) is 23.1 Å². The first-order valence-electron chi connectivity index (χ1n) is 11.2. The van der Waals surface area contributed by atoms with Gasteiger partial charge in [0.1, 0.15) is 10.8 Å². The fourth-order valence-electron chi connectivity index (χ4n) is 3.94. The Balaban J connectivity index is 1.39. The Hall–Kier alpha value is -3.17. The number of ether oxygens (including phenoxy) is 1. The van der Waals surface area contributed by atoms with Crippen molar-refractivity contribution in [3.05, 3.63) is 75.9 Å². The van der Waals surface area contributed by atoms with Gasteiger partial charge in [0.05, 0.1) is 18.4 Å². The zero-order valence-corrected chi connectivity index (χ0v) is 21.0. The number of esters is 1. The molecule has 182 valence electrons. The minimum Gasteiger partial charge on any atom is -0.465 e. The van der Waals surface area contributed by atoms with E-state index in [1.54, 1.807) is 18.2 Å². The molecule has 1 heterocycles. The van der Waals surface area contributed by atoms with Crippen molar-refractivity contribution < 1.29 is 23.5 Å². The molecule has 0 saturated carbocycles. The third-order valence-electron chi connectivity index (χ3n) is 5.72. The van der Waals surface area contributed by atoms with Crippen LogP contribution >= 0.6 is 23.1 Å². The number of benzene rings is 2. The van der Waals surface area contributed by atoms with E-state index in [2.05, 4.69) is 17.6 Å². The molecule has 0 aliphatic heterocycles. The monoisotopic (exact) mass is 512 g/mol. The third-order valence-corrected chi connectivity index (χ3v) is 7.89. The number of nitrogens with one attached hydrogen (secondary N) is 2. The number of thiophene rings is 1. The van der Waals surface area contributed by atoms with E-state index in [1.165, 1.54) is 54.5 Å². The number of carbonyl (C=O) groups excluding carboxylic acids is 3. The lowest BCUT2D eigenvalue weighted by molar-refractivity contribution is -0.113. The molecule has 1 aliphatic rings. The smallest absolute Gasteiger partial charge is 0.341 e. The Morgan fingerprint density at radius 1 is 1.14 bits per heavy atom. The fourth-order valence-corrected chi connectivity index (χ4v) is 6.11. The van der Waals surface area contributed by atoms with Gasteiger partial charge >= 0.3 is 5.97 Å². The Labute approximate surface area is 211 Å². The molecule has 6 nitrogen and oxygen atoms in total. The Morgan fingerprint density at radius 3 is 2.66 bits per heavy atom. The summed E-state index contributed by atoms with van der Waals surface area (Å²) in [6.07, 6.45) is 2.70. The summed E-state index contributed by atoms with van der Waals surface area (Å²) in [5, 5.41) is 6.22. The molecule has 1 atom stereocenters. The number of halogens is 1. The molecule has 0 fully saturated rings. The molecule has 2 N–H and O–H groups in total. The van der Waals surface area contributed by atoms with E-state index in [9.17, 15) is 18.8 Å². The second-order valence-electron chi connectivity index (χ2n) is 8.37. The zero-order valence-electron chi connectivity index (χ0n) is 19.4. The van der Waals surface area contributed by atoms with E-state index in [4.69, 9.17) is 4.74 Å². The van der Waals surface area contributed by atoms with Crippen LogP contribution in [0.1, 0.15) is 44.5 Å². The number of fused-ring (bicyclic) bond motifs is 1. The minimum atomic E-state index is -0.426. The maximum atomic E-state index is 13.1. The summed E-state index contributed by atoms with van der Waals surface area (Å²) in [7, 11) is 1.35. The van der Waals surface area contributed by atoms with Gasteiger partial charge in [0.15, 0.2) is 0 Å². The molecule has 0 saturated heterocycles. The van der Waals surface area contributed by atoms with Crippen LogP contribution in [0.25, 0.3) is 0 Å². The number of carbonyl (C=O) groups is 3. The molecule has 0 spiro atoms. The van der Waals surface area contributed by atoms with E-state index < -0.39 is 11.8 Å². The Bertz CT molecular complexity index is 1260. The quantitative estimate of drug-likeness (QED) is 0.310. The highest BCUT2D eigenvalue weighted by Crippen LogP contribution is 2.40. The van der Waals surface area contributed by atoms with Crippen molar-refractivity contribution in [2.75, 3.05) is 23.5 Å². The number of hydrogen-bond donors (Lipinski definition) is 2. The average molecular weight is 513 g/mol. The van der Waals surface area contributed by atoms with E-state index in [0.717, 1.165) is 34.6 Å². The van der Waals surface area contributed by atoms with Crippen molar-refractivity contribution in [2.24, 2.45) is 5.92 Å². The molecule has 2 amide bonds. The van der Waals surface area contributed by atoms with Crippen LogP contribution < -0.4 is 10.6 Å². The highest BCUT2D eigenvalue weighted by molar-refractivity contribution is 8.00. The molecule has 2 aromatic carbocycles. The summed E-state index contributed by atoms with van der Waals surface area (Å²) in [6.45, 7) is 2.19. The van der Waals surface area contributed by atoms with Gasteiger partial charge in [-0.3, -0.25) is 9.59 Å². The summed E-state index contributed by atoms with van der Waals surface area (Å²) >= 11 is 2.77. The number of rotatable bonds is 7. The lowest BCUT2D eigenvalue weighted by Crippen LogP contribution is -2.17. The highest BCUT2D eigenvalue weighted by atomic mass is 32.2. The van der Waals surface area contributed by atoms with Gasteiger partial charge < -0.3 is 15.4 Å². The van der Waals surface area contributed by atoms with Crippen LogP contribution in [-0.2, 0) is 22.4 Å². The van der Waals surface area contributed by atoms with Crippen LogP contribution in [-0.4, -0.2) is 30.6 Å². The maximum absolute atomic E-state index is 13.1. The topological polar surface area (TPSA) is 84.5 Å². The molecular weight excluding hydrogens is 487 g/mol. The summed E-state index contributed by atoms with van der Waals surface area (Å²) in [4.78, 5) is 39.5. The van der Waals surface area contributed by atoms with Gasteiger partial charge in [-0.25, -0.2) is 9.18 Å². The van der Waals surface area contributed by atoms with Crippen molar-refractivity contribution in [1.29, 1.82) is 0 Å². The normalized spacial score (nSPS) is 14.7. The van der Waals surface area contributed by atoms with Crippen molar-refractivity contribution in [3.63, 3.8) is 0 Å². The van der Waals surface area contributed by atoms with Crippen LogP contribution in [0, 0.1) is 11.7 Å². The number of hydrogen-bond acceptors (Lipinski definition) is 6.